The van der Waals surface area contributed by atoms with Crippen LogP contribution in [0.3, 0.4) is 0 Å². The van der Waals surface area contributed by atoms with Crippen molar-refractivity contribution in [2.75, 3.05) is 43.9 Å². The predicted octanol–water partition coefficient (Wildman–Crippen LogP) is 0.169. The highest BCUT2D eigenvalue weighted by Crippen LogP contribution is 2.40. The Labute approximate surface area is 166 Å². The Morgan fingerprint density at radius 1 is 1.36 bits per heavy atom. The Morgan fingerprint density at radius 3 is 2.68 bits per heavy atom. The predicted molar refractivity (Wildman–Crippen MR) is 107 cm³/mol. The molecule has 2 aliphatic rings. The van der Waals surface area contributed by atoms with Crippen molar-refractivity contribution in [1.82, 2.24) is 14.9 Å². The maximum absolute atomic E-state index is 12.5. The molecule has 2 heterocycles. The van der Waals surface area contributed by atoms with Crippen molar-refractivity contribution in [3.63, 3.8) is 0 Å². The van der Waals surface area contributed by atoms with E-state index in [0.29, 0.717) is 32.5 Å². The van der Waals surface area contributed by atoms with Gasteiger partial charge in [-0.05, 0) is 31.9 Å². The van der Waals surface area contributed by atoms with Crippen LogP contribution in [0.25, 0.3) is 0 Å². The number of carbonyl (C=O) groups excluding carboxylic acids is 2. The van der Waals surface area contributed by atoms with Crippen LogP contribution in [0.5, 0.6) is 0 Å². The number of nitrogens with zero attached hydrogens (tertiary/aromatic N) is 2. The maximum atomic E-state index is 12.5. The number of anilines is 1. The minimum Gasteiger partial charge on any atom is -0.370 e. The third-order valence-electron chi connectivity index (χ3n) is 5.67. The van der Waals surface area contributed by atoms with Gasteiger partial charge in [-0.1, -0.05) is 18.2 Å². The van der Waals surface area contributed by atoms with Crippen molar-refractivity contribution in [1.29, 1.82) is 0 Å². The number of sulfonamides is 1. The molecule has 2 saturated heterocycles. The van der Waals surface area contributed by atoms with E-state index >= 15 is 0 Å². The monoisotopic (exact) mass is 408 g/mol. The molecular weight excluding hydrogens is 380 g/mol. The average molecular weight is 409 g/mol. The van der Waals surface area contributed by atoms with Gasteiger partial charge in [-0.2, -0.15) is 0 Å². The number of hydrogen-bond acceptors (Lipinski definition) is 5. The number of amides is 2. The number of carbonyl (C=O) groups is 2. The summed E-state index contributed by atoms with van der Waals surface area (Å²) in [6, 6.07) is 9.36. The summed E-state index contributed by atoms with van der Waals surface area (Å²) in [6.07, 6.45) is 1.93. The lowest BCUT2D eigenvalue weighted by Crippen LogP contribution is -2.44. The lowest BCUT2D eigenvalue weighted by Gasteiger charge is -2.23. The zero-order valence-electron chi connectivity index (χ0n) is 16.3. The first-order chi connectivity index (χ1) is 13.2. The highest BCUT2D eigenvalue weighted by molar-refractivity contribution is 7.88. The van der Waals surface area contributed by atoms with E-state index < -0.39 is 21.5 Å². The van der Waals surface area contributed by atoms with Gasteiger partial charge < -0.3 is 15.5 Å². The van der Waals surface area contributed by atoms with Gasteiger partial charge in [0.1, 0.15) is 6.04 Å². The largest absolute Gasteiger partial charge is 0.370 e. The van der Waals surface area contributed by atoms with Gasteiger partial charge in [-0.3, -0.25) is 9.59 Å². The van der Waals surface area contributed by atoms with Crippen LogP contribution in [0.15, 0.2) is 30.3 Å². The number of nitrogens with one attached hydrogen (secondary N) is 2. The second-order valence-electron chi connectivity index (χ2n) is 7.56. The van der Waals surface area contributed by atoms with Crippen molar-refractivity contribution >= 4 is 27.5 Å². The van der Waals surface area contributed by atoms with E-state index in [1.807, 2.05) is 30.3 Å². The van der Waals surface area contributed by atoms with Gasteiger partial charge in [0.25, 0.3) is 0 Å². The molecule has 0 radical (unpaired) electrons. The summed E-state index contributed by atoms with van der Waals surface area (Å²) in [5.74, 6) is -0.439. The molecule has 1 aromatic carbocycles. The zero-order valence-corrected chi connectivity index (χ0v) is 17.2. The molecule has 9 heteroatoms. The van der Waals surface area contributed by atoms with Gasteiger partial charge in [-0.25, -0.2) is 12.7 Å². The molecule has 3 rings (SSSR count). The highest BCUT2D eigenvalue weighted by atomic mass is 32.2. The van der Waals surface area contributed by atoms with Crippen LogP contribution in [0.2, 0.25) is 0 Å². The minimum atomic E-state index is -3.33. The van der Waals surface area contributed by atoms with Crippen LogP contribution in [0.1, 0.15) is 19.8 Å². The quantitative estimate of drug-likeness (QED) is 0.670. The molecule has 2 fully saturated rings. The number of hydrogen-bond donors (Lipinski definition) is 2. The normalized spacial score (nSPS) is 25.1. The number of benzene rings is 1. The molecule has 28 heavy (non-hydrogen) atoms. The van der Waals surface area contributed by atoms with E-state index in [9.17, 15) is 18.0 Å². The molecule has 1 aromatic rings. The second-order valence-corrected chi connectivity index (χ2v) is 9.55. The first-order valence-corrected chi connectivity index (χ1v) is 11.4. The Morgan fingerprint density at radius 2 is 2.07 bits per heavy atom. The molecule has 2 aliphatic heterocycles. The fourth-order valence-corrected chi connectivity index (χ4v) is 4.92. The third kappa shape index (κ3) is 4.30. The molecule has 0 unspecified atom stereocenters. The van der Waals surface area contributed by atoms with Gasteiger partial charge in [0.2, 0.25) is 21.8 Å². The molecule has 2 atom stereocenters. The summed E-state index contributed by atoms with van der Waals surface area (Å²) in [5.41, 5.74) is 0.309. The Hall–Kier alpha value is -2.13. The summed E-state index contributed by atoms with van der Waals surface area (Å²) >= 11 is 0. The van der Waals surface area contributed by atoms with Crippen LogP contribution in [0, 0.1) is 5.41 Å². The van der Waals surface area contributed by atoms with Crippen LogP contribution < -0.4 is 15.5 Å². The van der Waals surface area contributed by atoms with Crippen LogP contribution in [-0.2, 0) is 19.6 Å². The van der Waals surface area contributed by atoms with Gasteiger partial charge in [0, 0.05) is 38.4 Å². The highest BCUT2D eigenvalue weighted by Gasteiger charge is 2.53. The van der Waals surface area contributed by atoms with E-state index in [4.69, 9.17) is 0 Å². The molecule has 2 N–H and O–H groups in total. The van der Waals surface area contributed by atoms with Crippen molar-refractivity contribution in [3.05, 3.63) is 30.3 Å². The SMILES string of the molecule is CCN(CCNC(=O)[C@@H]1C[C@]2(CCN(S(C)(=O)=O)C2)C(=O)N1)c1ccccc1. The molecule has 2 amide bonds. The third-order valence-corrected chi connectivity index (χ3v) is 6.92. The van der Waals surface area contributed by atoms with Crippen LogP contribution in [-0.4, -0.2) is 69.6 Å². The molecule has 1 spiro atoms. The first-order valence-electron chi connectivity index (χ1n) is 9.59. The lowest BCUT2D eigenvalue weighted by molar-refractivity contribution is -0.128. The number of para-hydroxylation sites is 1. The lowest BCUT2D eigenvalue weighted by atomic mass is 9.84. The molecule has 8 nitrogen and oxygen atoms in total. The Bertz CT molecular complexity index is 830. The molecule has 0 bridgehead atoms. The van der Waals surface area contributed by atoms with Gasteiger partial charge in [0.05, 0.1) is 11.7 Å². The minimum absolute atomic E-state index is 0.152. The fraction of sp³-hybridized carbons (Fsp3) is 0.579. The van der Waals surface area contributed by atoms with E-state index in [1.54, 1.807) is 0 Å². The van der Waals surface area contributed by atoms with E-state index in [1.165, 1.54) is 4.31 Å². The first kappa shape index (κ1) is 20.6. The Balaban J connectivity index is 1.53. The molecule has 0 aromatic heterocycles. The summed E-state index contributed by atoms with van der Waals surface area (Å²) < 4.78 is 24.8. The van der Waals surface area contributed by atoms with E-state index in [-0.39, 0.29) is 18.4 Å². The molecule has 154 valence electrons. The fourth-order valence-electron chi connectivity index (χ4n) is 4.02. The topological polar surface area (TPSA) is 98.8 Å². The summed E-state index contributed by atoms with van der Waals surface area (Å²) in [7, 11) is -3.33. The molecular formula is C19H28N4O4S. The summed E-state index contributed by atoms with van der Waals surface area (Å²) in [6.45, 7) is 4.49. The zero-order chi connectivity index (χ0) is 20.4. The smallest absolute Gasteiger partial charge is 0.242 e. The summed E-state index contributed by atoms with van der Waals surface area (Å²) in [4.78, 5) is 27.2. The molecule has 0 saturated carbocycles. The summed E-state index contributed by atoms with van der Waals surface area (Å²) in [5, 5.41) is 5.66. The van der Waals surface area contributed by atoms with Crippen molar-refractivity contribution < 1.29 is 18.0 Å². The van der Waals surface area contributed by atoms with Crippen LogP contribution >= 0.6 is 0 Å². The average Bonchev–Trinajstić information content (AvgIpc) is 3.24. The standard InChI is InChI=1S/C19H28N4O4S/c1-3-22(15-7-5-4-6-8-15)12-10-20-17(24)16-13-19(18(25)21-16)9-11-23(14-19)28(2,26)27/h4-8,16H,3,9-14H2,1-2H3,(H,20,24)(H,21,25)/t16-,19-/m0/s1. The Kier molecular flexibility index (Phi) is 5.95. The van der Waals surface area contributed by atoms with Gasteiger partial charge in [-0.15, -0.1) is 0 Å². The van der Waals surface area contributed by atoms with Crippen molar-refractivity contribution in [2.24, 2.45) is 5.41 Å². The van der Waals surface area contributed by atoms with Crippen molar-refractivity contribution in [3.8, 4) is 0 Å². The number of rotatable bonds is 7. The molecule has 0 aliphatic carbocycles. The maximum Gasteiger partial charge on any atom is 0.242 e. The van der Waals surface area contributed by atoms with Crippen molar-refractivity contribution in [2.45, 2.75) is 25.8 Å². The van der Waals surface area contributed by atoms with Crippen LogP contribution in [0.4, 0.5) is 5.69 Å². The van der Waals surface area contributed by atoms with Gasteiger partial charge in [0.15, 0.2) is 0 Å². The van der Waals surface area contributed by atoms with E-state index in [0.717, 1.165) is 18.5 Å². The second kappa shape index (κ2) is 8.08. The van der Waals surface area contributed by atoms with Gasteiger partial charge >= 0.3 is 0 Å². The number of likely N-dealkylation sites (N-methyl/N-ethyl adjacent to an activating group) is 1. The van der Waals surface area contributed by atoms with E-state index in [2.05, 4.69) is 22.5 Å².